The summed E-state index contributed by atoms with van der Waals surface area (Å²) in [6.45, 7) is 11.7. The van der Waals surface area contributed by atoms with Gasteiger partial charge in [0.05, 0.1) is 0 Å². The van der Waals surface area contributed by atoms with E-state index in [1.54, 1.807) is 44.5 Å². The number of hydrogen-bond donors (Lipinski definition) is 0. The molecule has 0 N–H and O–H groups in total. The Hall–Kier alpha value is -1.56. The van der Waals surface area contributed by atoms with E-state index >= 15 is 0 Å². The standard InChI is InChI=1S/C33H49/c1-6-11-17-25-18-16-19-26-24-31-29(22-14-9-4)27(20-12-7-2)28(21-13-8-3)30(23-15-10-5)33(31)32(25)26/h16,18-19,24H,6-15,17,20-23H2,1-5H3. The summed E-state index contributed by atoms with van der Waals surface area (Å²) < 4.78 is 0. The number of rotatable bonds is 15. The highest BCUT2D eigenvalue weighted by Gasteiger charge is 2.30. The molecule has 0 aliphatic heterocycles. The smallest absolute Gasteiger partial charge is 0.0215 e. The third-order valence-corrected chi connectivity index (χ3v) is 7.64. The van der Waals surface area contributed by atoms with Crippen molar-refractivity contribution in [1.29, 1.82) is 0 Å². The molecule has 0 saturated carbocycles. The van der Waals surface area contributed by atoms with Crippen molar-refractivity contribution in [2.45, 2.75) is 131 Å². The van der Waals surface area contributed by atoms with E-state index in [1.807, 2.05) is 0 Å². The molecule has 181 valence electrons. The fourth-order valence-electron chi connectivity index (χ4n) is 5.79. The molecular weight excluding hydrogens is 396 g/mol. The monoisotopic (exact) mass is 445 g/mol. The minimum Gasteiger partial charge on any atom is -0.0654 e. The van der Waals surface area contributed by atoms with Crippen LogP contribution in [0.2, 0.25) is 0 Å². The molecule has 1 radical (unpaired) electrons. The van der Waals surface area contributed by atoms with Crippen molar-refractivity contribution >= 4 is 0 Å². The Labute approximate surface area is 205 Å². The third-order valence-electron chi connectivity index (χ3n) is 7.64. The van der Waals surface area contributed by atoms with Gasteiger partial charge in [-0.2, -0.15) is 0 Å². The fraction of sp³-hybridized carbons (Fsp3) is 0.606. The SMILES string of the molecule is CCCCc1cccc2c1-c1c(c(CCCC)c(CCCC)c(CCCC)c1CCCC)[CH]2. The van der Waals surface area contributed by atoms with Gasteiger partial charge < -0.3 is 0 Å². The molecule has 0 bridgehead atoms. The van der Waals surface area contributed by atoms with Crippen LogP contribution in [-0.4, -0.2) is 0 Å². The maximum Gasteiger partial charge on any atom is 0.0215 e. The molecule has 0 nitrogen and oxygen atoms in total. The zero-order valence-corrected chi connectivity index (χ0v) is 22.4. The average molecular weight is 446 g/mol. The van der Waals surface area contributed by atoms with Crippen molar-refractivity contribution in [1.82, 2.24) is 0 Å². The van der Waals surface area contributed by atoms with Gasteiger partial charge in [0.25, 0.3) is 0 Å². The maximum absolute atomic E-state index is 2.58. The van der Waals surface area contributed by atoms with E-state index < -0.39 is 0 Å². The van der Waals surface area contributed by atoms with Crippen LogP contribution in [0, 0.1) is 6.42 Å². The molecule has 0 atom stereocenters. The summed E-state index contributed by atoms with van der Waals surface area (Å²) in [6, 6.07) is 7.11. The second-order valence-electron chi connectivity index (χ2n) is 10.2. The molecule has 0 unspecified atom stereocenters. The van der Waals surface area contributed by atoms with E-state index in [0.717, 1.165) is 0 Å². The highest BCUT2D eigenvalue weighted by Crippen LogP contribution is 2.48. The van der Waals surface area contributed by atoms with E-state index in [9.17, 15) is 0 Å². The minimum atomic E-state index is 1.21. The molecule has 1 aliphatic rings. The molecule has 3 rings (SSSR count). The molecule has 2 aromatic carbocycles. The van der Waals surface area contributed by atoms with Crippen molar-refractivity contribution in [3.63, 3.8) is 0 Å². The minimum absolute atomic E-state index is 1.21. The second kappa shape index (κ2) is 13.4. The van der Waals surface area contributed by atoms with Gasteiger partial charge in [0.1, 0.15) is 0 Å². The predicted molar refractivity (Wildman–Crippen MR) is 147 cm³/mol. The third kappa shape index (κ3) is 5.93. The molecule has 0 heteroatoms. The molecule has 0 saturated heterocycles. The normalized spacial score (nSPS) is 12.3. The first-order valence-corrected chi connectivity index (χ1v) is 14.4. The van der Waals surface area contributed by atoms with Crippen molar-refractivity contribution in [2.75, 3.05) is 0 Å². The Morgan fingerprint density at radius 3 is 1.55 bits per heavy atom. The van der Waals surface area contributed by atoms with Crippen LogP contribution in [0.5, 0.6) is 0 Å². The summed E-state index contributed by atoms with van der Waals surface area (Å²) in [5, 5.41) is 0. The number of hydrogen-bond acceptors (Lipinski definition) is 0. The predicted octanol–water partition coefficient (Wildman–Crippen LogP) is 9.98. The lowest BCUT2D eigenvalue weighted by Crippen LogP contribution is -2.11. The van der Waals surface area contributed by atoms with Crippen LogP contribution in [0.4, 0.5) is 0 Å². The van der Waals surface area contributed by atoms with Crippen molar-refractivity contribution in [2.24, 2.45) is 0 Å². The first-order valence-electron chi connectivity index (χ1n) is 14.4. The van der Waals surface area contributed by atoms with E-state index in [0.29, 0.717) is 0 Å². The molecule has 1 aliphatic carbocycles. The summed E-state index contributed by atoms with van der Waals surface area (Å²) in [6.07, 6.45) is 21.8. The molecule has 0 fully saturated rings. The Morgan fingerprint density at radius 2 is 0.970 bits per heavy atom. The molecular formula is C33H49. The van der Waals surface area contributed by atoms with Crippen LogP contribution in [0.25, 0.3) is 11.1 Å². The van der Waals surface area contributed by atoms with E-state index in [-0.39, 0.29) is 0 Å². The zero-order valence-electron chi connectivity index (χ0n) is 22.4. The average Bonchev–Trinajstić information content (AvgIpc) is 3.22. The van der Waals surface area contributed by atoms with Crippen LogP contribution in [0.1, 0.15) is 138 Å². The molecule has 0 aromatic heterocycles. The van der Waals surface area contributed by atoms with Gasteiger partial charge in [0.2, 0.25) is 0 Å². The van der Waals surface area contributed by atoms with E-state index in [1.165, 1.54) is 102 Å². The van der Waals surface area contributed by atoms with Gasteiger partial charge in [-0.05, 0) is 114 Å². The first kappa shape index (κ1) is 26.1. The summed E-state index contributed by atoms with van der Waals surface area (Å²) in [5.74, 6) is 0. The van der Waals surface area contributed by atoms with E-state index in [4.69, 9.17) is 0 Å². The topological polar surface area (TPSA) is 0 Å². The van der Waals surface area contributed by atoms with E-state index in [2.05, 4.69) is 59.2 Å². The largest absolute Gasteiger partial charge is 0.0654 e. The summed E-state index contributed by atoms with van der Waals surface area (Å²) in [5.41, 5.74) is 14.9. The van der Waals surface area contributed by atoms with Crippen molar-refractivity contribution in [3.05, 3.63) is 63.6 Å². The van der Waals surface area contributed by atoms with Crippen molar-refractivity contribution < 1.29 is 0 Å². The Bertz CT molecular complexity index is 886. The number of unbranched alkanes of at least 4 members (excludes halogenated alkanes) is 5. The van der Waals surface area contributed by atoms with Crippen LogP contribution >= 0.6 is 0 Å². The second-order valence-corrected chi connectivity index (χ2v) is 10.2. The lowest BCUT2D eigenvalue weighted by atomic mass is 9.79. The lowest BCUT2D eigenvalue weighted by Gasteiger charge is -2.25. The lowest BCUT2D eigenvalue weighted by molar-refractivity contribution is 0.718. The highest BCUT2D eigenvalue weighted by atomic mass is 14.3. The quantitative estimate of drug-likeness (QED) is 0.218. The van der Waals surface area contributed by atoms with Gasteiger partial charge in [0.15, 0.2) is 0 Å². The van der Waals surface area contributed by atoms with Gasteiger partial charge in [-0.25, -0.2) is 0 Å². The van der Waals surface area contributed by atoms with Gasteiger partial charge in [-0.15, -0.1) is 0 Å². The molecule has 0 heterocycles. The Balaban J connectivity index is 2.30. The van der Waals surface area contributed by atoms with Crippen LogP contribution in [-0.2, 0) is 32.1 Å². The van der Waals surface area contributed by atoms with Crippen LogP contribution in [0.3, 0.4) is 0 Å². The molecule has 0 spiro atoms. The Morgan fingerprint density at radius 1 is 0.485 bits per heavy atom. The number of fused-ring (bicyclic) bond motifs is 3. The van der Waals surface area contributed by atoms with Gasteiger partial charge in [-0.1, -0.05) is 84.9 Å². The molecule has 0 amide bonds. The van der Waals surface area contributed by atoms with Crippen molar-refractivity contribution in [3.8, 4) is 11.1 Å². The maximum atomic E-state index is 2.58. The van der Waals surface area contributed by atoms with Gasteiger partial charge >= 0.3 is 0 Å². The van der Waals surface area contributed by atoms with Gasteiger partial charge in [0, 0.05) is 6.42 Å². The molecule has 33 heavy (non-hydrogen) atoms. The number of aryl methyl sites for hydroxylation is 1. The summed E-state index contributed by atoms with van der Waals surface area (Å²) in [4.78, 5) is 0. The fourth-order valence-corrected chi connectivity index (χ4v) is 5.79. The van der Waals surface area contributed by atoms with Crippen LogP contribution in [0.15, 0.2) is 18.2 Å². The Kier molecular flexibility index (Phi) is 10.5. The number of benzene rings is 2. The first-order chi connectivity index (χ1) is 16.2. The summed E-state index contributed by atoms with van der Waals surface area (Å²) in [7, 11) is 0. The highest BCUT2D eigenvalue weighted by molar-refractivity contribution is 5.88. The summed E-state index contributed by atoms with van der Waals surface area (Å²) >= 11 is 0. The molecule has 2 aromatic rings. The van der Waals surface area contributed by atoms with Crippen LogP contribution < -0.4 is 0 Å². The zero-order chi connectivity index (χ0) is 23.6. The van der Waals surface area contributed by atoms with Gasteiger partial charge in [-0.3, -0.25) is 0 Å².